The Labute approximate surface area is 129 Å². The summed E-state index contributed by atoms with van der Waals surface area (Å²) in [7, 11) is 0. The Hall–Kier alpha value is -2.16. The molecule has 2 aliphatic rings. The van der Waals surface area contributed by atoms with Gasteiger partial charge in [-0.25, -0.2) is 4.39 Å². The number of para-hydroxylation sites is 1. The molecule has 112 valence electrons. The van der Waals surface area contributed by atoms with Crippen molar-refractivity contribution >= 4 is 11.6 Å². The SMILES string of the molecule is CC(C)[C@]1(c2cccc(F)c2)C[C@]12C(=O)Nc1ccccc12. The number of benzene rings is 2. The largest absolute Gasteiger partial charge is 0.325 e. The lowest BCUT2D eigenvalue weighted by Gasteiger charge is -2.26. The van der Waals surface area contributed by atoms with E-state index in [4.69, 9.17) is 0 Å². The van der Waals surface area contributed by atoms with Gasteiger partial charge in [0.05, 0.1) is 5.41 Å². The van der Waals surface area contributed by atoms with Gasteiger partial charge in [0.2, 0.25) is 5.91 Å². The number of anilines is 1. The number of halogens is 1. The molecule has 2 nitrogen and oxygen atoms in total. The number of hydrogen-bond acceptors (Lipinski definition) is 1. The Morgan fingerprint density at radius 2 is 1.91 bits per heavy atom. The molecular weight excluding hydrogens is 277 g/mol. The molecule has 1 heterocycles. The van der Waals surface area contributed by atoms with Gasteiger partial charge in [0.1, 0.15) is 5.82 Å². The number of amides is 1. The number of hydrogen-bond donors (Lipinski definition) is 1. The average Bonchev–Trinajstić information content (AvgIpc) is 3.13. The lowest BCUT2D eigenvalue weighted by molar-refractivity contribution is -0.118. The minimum absolute atomic E-state index is 0.0478. The van der Waals surface area contributed by atoms with E-state index < -0.39 is 5.41 Å². The molecule has 2 aromatic carbocycles. The third-order valence-electron chi connectivity index (χ3n) is 5.53. The molecular formula is C19H18FNO. The topological polar surface area (TPSA) is 29.1 Å². The van der Waals surface area contributed by atoms with Crippen molar-refractivity contribution in [3.8, 4) is 0 Å². The Kier molecular flexibility index (Phi) is 2.57. The summed E-state index contributed by atoms with van der Waals surface area (Å²) in [5.74, 6) is 0.0455. The van der Waals surface area contributed by atoms with E-state index in [0.29, 0.717) is 0 Å². The molecule has 0 saturated heterocycles. The van der Waals surface area contributed by atoms with E-state index in [1.54, 1.807) is 12.1 Å². The van der Waals surface area contributed by atoms with E-state index in [-0.39, 0.29) is 23.1 Å². The molecule has 1 aliphatic heterocycles. The summed E-state index contributed by atoms with van der Waals surface area (Å²) in [6.07, 6.45) is 0.740. The molecule has 0 aromatic heterocycles. The molecule has 0 bridgehead atoms. The highest BCUT2D eigenvalue weighted by Crippen LogP contribution is 2.72. The lowest BCUT2D eigenvalue weighted by atomic mass is 9.75. The number of nitrogens with one attached hydrogen (secondary N) is 1. The van der Waals surface area contributed by atoms with Gasteiger partial charge in [0.15, 0.2) is 0 Å². The second-order valence-electron chi connectivity index (χ2n) is 6.72. The van der Waals surface area contributed by atoms with Gasteiger partial charge in [0, 0.05) is 11.1 Å². The van der Waals surface area contributed by atoms with Crippen LogP contribution in [0.15, 0.2) is 48.5 Å². The predicted molar refractivity (Wildman–Crippen MR) is 84.3 cm³/mol. The fourth-order valence-electron chi connectivity index (χ4n) is 4.45. The summed E-state index contributed by atoms with van der Waals surface area (Å²) in [6, 6.07) is 14.6. The highest BCUT2D eigenvalue weighted by atomic mass is 19.1. The Morgan fingerprint density at radius 3 is 2.64 bits per heavy atom. The van der Waals surface area contributed by atoms with Crippen molar-refractivity contribution < 1.29 is 9.18 Å². The van der Waals surface area contributed by atoms with Gasteiger partial charge in [0.25, 0.3) is 0 Å². The van der Waals surface area contributed by atoms with Crippen LogP contribution in [-0.4, -0.2) is 5.91 Å². The van der Waals surface area contributed by atoms with Gasteiger partial charge < -0.3 is 5.32 Å². The van der Waals surface area contributed by atoms with Crippen LogP contribution in [0.4, 0.5) is 10.1 Å². The van der Waals surface area contributed by atoms with Gasteiger partial charge in [-0.3, -0.25) is 4.79 Å². The lowest BCUT2D eigenvalue weighted by Crippen LogP contribution is -2.33. The Morgan fingerprint density at radius 1 is 1.14 bits per heavy atom. The molecule has 1 aliphatic carbocycles. The van der Waals surface area contributed by atoms with Crippen molar-refractivity contribution in [2.45, 2.75) is 31.1 Å². The summed E-state index contributed by atoms with van der Waals surface area (Å²) in [6.45, 7) is 4.24. The summed E-state index contributed by atoms with van der Waals surface area (Å²) in [5.41, 5.74) is 2.00. The molecule has 1 spiro atoms. The fraction of sp³-hybridized carbons (Fsp3) is 0.316. The van der Waals surface area contributed by atoms with Gasteiger partial charge >= 0.3 is 0 Å². The summed E-state index contributed by atoms with van der Waals surface area (Å²) in [4.78, 5) is 12.8. The molecule has 2 aromatic rings. The van der Waals surface area contributed by atoms with Gasteiger partial charge in [-0.05, 0) is 41.7 Å². The van der Waals surface area contributed by atoms with Crippen molar-refractivity contribution in [1.29, 1.82) is 0 Å². The number of carbonyl (C=O) groups is 1. The molecule has 1 saturated carbocycles. The highest BCUT2D eigenvalue weighted by molar-refractivity contribution is 6.10. The smallest absolute Gasteiger partial charge is 0.236 e. The van der Waals surface area contributed by atoms with Crippen LogP contribution in [0.1, 0.15) is 31.4 Å². The zero-order valence-electron chi connectivity index (χ0n) is 12.7. The first-order valence-electron chi connectivity index (χ1n) is 7.69. The van der Waals surface area contributed by atoms with Crippen LogP contribution in [0, 0.1) is 11.7 Å². The van der Waals surface area contributed by atoms with Crippen LogP contribution in [0.25, 0.3) is 0 Å². The normalized spacial score (nSPS) is 28.8. The van der Waals surface area contributed by atoms with E-state index in [0.717, 1.165) is 23.2 Å². The molecule has 1 N–H and O–H groups in total. The van der Waals surface area contributed by atoms with Crippen molar-refractivity contribution in [1.82, 2.24) is 0 Å². The fourth-order valence-corrected chi connectivity index (χ4v) is 4.45. The van der Waals surface area contributed by atoms with Crippen molar-refractivity contribution in [3.05, 3.63) is 65.5 Å². The number of carbonyl (C=O) groups excluding carboxylic acids is 1. The van der Waals surface area contributed by atoms with E-state index in [1.807, 2.05) is 30.3 Å². The first kappa shape index (κ1) is 13.5. The zero-order valence-corrected chi connectivity index (χ0v) is 12.7. The molecule has 0 radical (unpaired) electrons. The minimum Gasteiger partial charge on any atom is -0.325 e. The summed E-state index contributed by atoms with van der Waals surface area (Å²) in [5, 5.41) is 3.01. The Bertz CT molecular complexity index is 785. The molecule has 22 heavy (non-hydrogen) atoms. The molecule has 1 amide bonds. The van der Waals surface area contributed by atoms with Crippen molar-refractivity contribution in [2.24, 2.45) is 5.92 Å². The van der Waals surface area contributed by atoms with Crippen LogP contribution in [0.5, 0.6) is 0 Å². The summed E-state index contributed by atoms with van der Waals surface area (Å²) < 4.78 is 13.8. The predicted octanol–water partition coefficient (Wildman–Crippen LogP) is 4.01. The zero-order chi connectivity index (χ0) is 15.5. The maximum atomic E-state index is 13.8. The standard InChI is InChI=1S/C19H18FNO/c1-12(2)18(13-6-5-7-14(20)10-13)11-19(18)15-8-3-4-9-16(15)21-17(19)22/h3-10,12H,11H2,1-2H3,(H,21,22)/t18-,19-/m0/s1. The maximum absolute atomic E-state index is 13.8. The van der Waals surface area contributed by atoms with E-state index >= 15 is 0 Å². The quantitative estimate of drug-likeness (QED) is 0.891. The molecule has 0 unspecified atom stereocenters. The summed E-state index contributed by atoms with van der Waals surface area (Å²) >= 11 is 0. The molecule has 3 heteroatoms. The van der Waals surface area contributed by atoms with E-state index in [2.05, 4.69) is 19.2 Å². The Balaban J connectivity index is 1.94. The monoisotopic (exact) mass is 295 g/mol. The first-order valence-corrected chi connectivity index (χ1v) is 7.69. The number of rotatable bonds is 2. The van der Waals surface area contributed by atoms with E-state index in [9.17, 15) is 9.18 Å². The van der Waals surface area contributed by atoms with Crippen LogP contribution in [0.3, 0.4) is 0 Å². The van der Waals surface area contributed by atoms with Gasteiger partial charge in [-0.15, -0.1) is 0 Å². The van der Waals surface area contributed by atoms with Crippen molar-refractivity contribution in [3.63, 3.8) is 0 Å². The maximum Gasteiger partial charge on any atom is 0.236 e. The third-order valence-corrected chi connectivity index (χ3v) is 5.53. The highest BCUT2D eigenvalue weighted by Gasteiger charge is 2.76. The molecule has 1 fully saturated rings. The molecule has 4 rings (SSSR count). The minimum atomic E-state index is -0.550. The van der Waals surface area contributed by atoms with Gasteiger partial charge in [-0.1, -0.05) is 44.2 Å². The van der Waals surface area contributed by atoms with Gasteiger partial charge in [-0.2, -0.15) is 0 Å². The average molecular weight is 295 g/mol. The first-order chi connectivity index (χ1) is 10.5. The second-order valence-corrected chi connectivity index (χ2v) is 6.72. The second kappa shape index (κ2) is 4.19. The van der Waals surface area contributed by atoms with Crippen molar-refractivity contribution in [2.75, 3.05) is 5.32 Å². The van der Waals surface area contributed by atoms with Crippen LogP contribution >= 0.6 is 0 Å². The van der Waals surface area contributed by atoms with Crippen LogP contribution in [0.2, 0.25) is 0 Å². The molecule has 2 atom stereocenters. The van der Waals surface area contributed by atoms with Crippen LogP contribution < -0.4 is 5.32 Å². The third kappa shape index (κ3) is 1.41. The van der Waals surface area contributed by atoms with Crippen LogP contribution in [-0.2, 0) is 15.6 Å². The number of fused-ring (bicyclic) bond motifs is 2. The van der Waals surface area contributed by atoms with E-state index in [1.165, 1.54) is 6.07 Å².